The molecule has 14 heteroatoms. The van der Waals surface area contributed by atoms with Crippen molar-refractivity contribution in [2.24, 2.45) is 29.4 Å². The van der Waals surface area contributed by atoms with Crippen molar-refractivity contribution in [3.63, 3.8) is 0 Å². The van der Waals surface area contributed by atoms with E-state index < -0.39 is 60.3 Å². The molecule has 54 heavy (non-hydrogen) atoms. The second-order valence-corrected chi connectivity index (χ2v) is 16.0. The topological polar surface area (TPSA) is 229 Å². The molecule has 4 aliphatic carbocycles. The minimum atomic E-state index is -1.36. The van der Waals surface area contributed by atoms with Crippen molar-refractivity contribution in [2.45, 2.75) is 108 Å². The monoisotopic (exact) mass is 746 g/mol. The summed E-state index contributed by atoms with van der Waals surface area (Å²) in [5.41, 5.74) is 7.28. The van der Waals surface area contributed by atoms with Crippen LogP contribution in [-0.4, -0.2) is 82.0 Å². The lowest BCUT2D eigenvalue weighted by atomic mass is 9.53. The quantitative estimate of drug-likeness (QED) is 0.111. The van der Waals surface area contributed by atoms with Crippen molar-refractivity contribution < 1.29 is 39.0 Å². The van der Waals surface area contributed by atoms with Gasteiger partial charge in [0.2, 0.25) is 29.5 Å². The zero-order valence-electron chi connectivity index (χ0n) is 31.0. The predicted octanol–water partition coefficient (Wildman–Crippen LogP) is 1.68. The molecule has 2 aromatic carbocycles. The van der Waals surface area contributed by atoms with Crippen LogP contribution >= 0.6 is 0 Å². The third-order valence-corrected chi connectivity index (χ3v) is 10.9. The standard InChI is InChI=1S/C40H54N6O8/c1-23(2)12-33(39(53)54)45-38(52)31(17-24-6-4-3-5-7-24)43-35(49)22-42-37(51)32(44-36(50)30(41)16-25-8-10-29(47)11-9-25)18-34(48)46-40-19-26-13-27(20-40)15-28(14-26)21-40/h3-11,23,26-28,30-33,47H,12-22,41H2,1-2H3,(H,42,51)(H,43,49)(H,44,50)(H,45,52)(H,46,48)(H,53,54)/t26?,27?,28?,30-,31-,32-,33-,40?/m0/s1. The first kappa shape index (κ1) is 40.2. The van der Waals surface area contributed by atoms with Crippen molar-refractivity contribution >= 4 is 35.5 Å². The maximum absolute atomic E-state index is 13.6. The number of rotatable bonds is 18. The highest BCUT2D eigenvalue weighted by atomic mass is 16.4. The molecule has 0 heterocycles. The van der Waals surface area contributed by atoms with Gasteiger partial charge in [0.1, 0.15) is 23.9 Å². The van der Waals surface area contributed by atoms with Gasteiger partial charge in [-0.05, 0) is 98.3 Å². The number of nitrogens with two attached hydrogens (primary N) is 1. The van der Waals surface area contributed by atoms with Gasteiger partial charge in [0.25, 0.3) is 0 Å². The molecule has 5 amide bonds. The van der Waals surface area contributed by atoms with Crippen molar-refractivity contribution in [1.29, 1.82) is 0 Å². The molecule has 4 fully saturated rings. The first-order valence-corrected chi connectivity index (χ1v) is 19.0. The smallest absolute Gasteiger partial charge is 0.326 e. The SMILES string of the molecule is CC(C)C[C@H](NC(=O)[C@H](Cc1ccccc1)NC(=O)CNC(=O)[C@H](CC(=O)NC12CC3CC(CC(C3)C1)C2)NC(=O)[C@@H](N)Cc1ccc(O)cc1)C(=O)O. The number of benzene rings is 2. The Kier molecular flexibility index (Phi) is 13.3. The third-order valence-electron chi connectivity index (χ3n) is 10.9. The van der Waals surface area contributed by atoms with E-state index in [0.717, 1.165) is 19.3 Å². The summed E-state index contributed by atoms with van der Waals surface area (Å²) < 4.78 is 0. The summed E-state index contributed by atoms with van der Waals surface area (Å²) in [6.07, 6.45) is 6.21. The van der Waals surface area contributed by atoms with Crippen LogP contribution in [0.5, 0.6) is 5.75 Å². The normalized spacial score (nSPS) is 23.4. The molecule has 0 spiro atoms. The van der Waals surface area contributed by atoms with Crippen LogP contribution in [0.1, 0.15) is 76.3 Å². The maximum atomic E-state index is 13.6. The van der Waals surface area contributed by atoms with Crippen LogP contribution in [0.4, 0.5) is 0 Å². The lowest BCUT2D eigenvalue weighted by molar-refractivity contribution is -0.142. The molecule has 9 N–H and O–H groups in total. The van der Waals surface area contributed by atoms with Gasteiger partial charge in [-0.2, -0.15) is 0 Å². The summed E-state index contributed by atoms with van der Waals surface area (Å²) in [5, 5.41) is 32.8. The van der Waals surface area contributed by atoms with Crippen LogP contribution in [0.25, 0.3) is 0 Å². The largest absolute Gasteiger partial charge is 0.508 e. The molecule has 4 aliphatic rings. The highest BCUT2D eigenvalue weighted by Gasteiger charge is 2.51. The number of carbonyl (C=O) groups is 6. The van der Waals surface area contributed by atoms with Crippen LogP contribution < -0.4 is 32.3 Å². The Morgan fingerprint density at radius 3 is 1.87 bits per heavy atom. The number of hydrogen-bond donors (Lipinski definition) is 8. The zero-order chi connectivity index (χ0) is 39.0. The second-order valence-electron chi connectivity index (χ2n) is 16.0. The molecule has 0 radical (unpaired) electrons. The van der Waals surface area contributed by atoms with E-state index in [1.54, 1.807) is 42.5 Å². The van der Waals surface area contributed by atoms with Crippen LogP contribution in [0.15, 0.2) is 54.6 Å². The molecule has 14 nitrogen and oxygen atoms in total. The number of carboxylic acids is 1. The number of carboxylic acid groups (broad SMARTS) is 1. The number of aliphatic carboxylic acids is 1. The number of nitrogens with one attached hydrogen (secondary N) is 5. The summed E-state index contributed by atoms with van der Waals surface area (Å²) in [4.78, 5) is 79.0. The average Bonchev–Trinajstić information content (AvgIpc) is 3.10. The number of aromatic hydroxyl groups is 1. The van der Waals surface area contributed by atoms with E-state index in [2.05, 4.69) is 26.6 Å². The molecule has 292 valence electrons. The second kappa shape index (κ2) is 17.9. The maximum Gasteiger partial charge on any atom is 0.326 e. The van der Waals surface area contributed by atoms with Gasteiger partial charge in [-0.25, -0.2) is 4.79 Å². The van der Waals surface area contributed by atoms with E-state index in [0.29, 0.717) is 28.9 Å². The number of hydrogen-bond acceptors (Lipinski definition) is 8. The molecule has 0 unspecified atom stereocenters. The predicted molar refractivity (Wildman–Crippen MR) is 199 cm³/mol. The first-order valence-electron chi connectivity index (χ1n) is 19.0. The highest BCUT2D eigenvalue weighted by Crippen LogP contribution is 2.55. The lowest BCUT2D eigenvalue weighted by Gasteiger charge is -2.57. The Morgan fingerprint density at radius 2 is 1.30 bits per heavy atom. The summed E-state index contributed by atoms with van der Waals surface area (Å²) >= 11 is 0. The van der Waals surface area contributed by atoms with Crippen molar-refractivity contribution in [3.05, 3.63) is 65.7 Å². The molecule has 0 aliphatic heterocycles. The van der Waals surface area contributed by atoms with Crippen LogP contribution in [-0.2, 0) is 41.6 Å². The van der Waals surface area contributed by atoms with Gasteiger partial charge in [0, 0.05) is 12.0 Å². The fourth-order valence-corrected chi connectivity index (χ4v) is 8.82. The van der Waals surface area contributed by atoms with E-state index in [9.17, 15) is 39.0 Å². The molecule has 6 rings (SSSR count). The number of carbonyl (C=O) groups excluding carboxylic acids is 5. The Bertz CT molecular complexity index is 1630. The van der Waals surface area contributed by atoms with Gasteiger partial charge in [-0.1, -0.05) is 56.3 Å². The molecule has 0 saturated heterocycles. The summed E-state index contributed by atoms with van der Waals surface area (Å²) in [6, 6.07) is 10.3. The van der Waals surface area contributed by atoms with Gasteiger partial charge in [-0.3, -0.25) is 24.0 Å². The molecular formula is C40H54N6O8. The molecule has 4 saturated carbocycles. The summed E-state index contributed by atoms with van der Waals surface area (Å²) in [7, 11) is 0. The van der Waals surface area contributed by atoms with E-state index in [1.165, 1.54) is 31.4 Å². The van der Waals surface area contributed by atoms with E-state index in [1.807, 2.05) is 13.8 Å². The van der Waals surface area contributed by atoms with E-state index in [-0.39, 0.29) is 48.8 Å². The van der Waals surface area contributed by atoms with E-state index in [4.69, 9.17) is 5.73 Å². The van der Waals surface area contributed by atoms with Gasteiger partial charge in [0.15, 0.2) is 0 Å². The number of amides is 5. The van der Waals surface area contributed by atoms with Gasteiger partial charge in [0.05, 0.1) is 19.0 Å². The Morgan fingerprint density at radius 1 is 0.722 bits per heavy atom. The molecule has 2 aromatic rings. The van der Waals surface area contributed by atoms with Crippen LogP contribution in [0.2, 0.25) is 0 Å². The van der Waals surface area contributed by atoms with Crippen molar-refractivity contribution in [2.75, 3.05) is 6.54 Å². The summed E-state index contributed by atoms with van der Waals surface area (Å²) in [6.45, 7) is 3.08. The van der Waals surface area contributed by atoms with Crippen molar-refractivity contribution in [3.8, 4) is 5.75 Å². The molecule has 0 aromatic heterocycles. The third kappa shape index (κ3) is 11.3. The summed E-state index contributed by atoms with van der Waals surface area (Å²) in [5.74, 6) is -2.71. The van der Waals surface area contributed by atoms with Crippen LogP contribution in [0.3, 0.4) is 0 Å². The number of phenolic OH excluding ortho intramolecular Hbond substituents is 1. The number of phenols is 1. The van der Waals surface area contributed by atoms with Crippen LogP contribution in [0, 0.1) is 23.7 Å². The fraction of sp³-hybridized carbons (Fsp3) is 0.550. The van der Waals surface area contributed by atoms with Gasteiger partial charge in [-0.15, -0.1) is 0 Å². The zero-order valence-corrected chi connectivity index (χ0v) is 31.0. The average molecular weight is 747 g/mol. The molecule has 4 bridgehead atoms. The Balaban J connectivity index is 1.24. The fourth-order valence-electron chi connectivity index (χ4n) is 8.82. The van der Waals surface area contributed by atoms with Crippen molar-refractivity contribution in [1.82, 2.24) is 26.6 Å². The Hall–Kier alpha value is -4.98. The lowest BCUT2D eigenvalue weighted by Crippen LogP contribution is -2.61. The minimum Gasteiger partial charge on any atom is -0.508 e. The Labute approximate surface area is 315 Å². The minimum absolute atomic E-state index is 0.0193. The first-order chi connectivity index (χ1) is 25.7. The van der Waals surface area contributed by atoms with E-state index >= 15 is 0 Å². The van der Waals surface area contributed by atoms with Gasteiger partial charge < -0.3 is 42.5 Å². The molecule has 4 atom stereocenters. The molecular weight excluding hydrogens is 692 g/mol. The van der Waals surface area contributed by atoms with Gasteiger partial charge >= 0.3 is 5.97 Å². The highest BCUT2D eigenvalue weighted by molar-refractivity contribution is 5.96.